The lowest BCUT2D eigenvalue weighted by Gasteiger charge is -2.07. The van der Waals surface area contributed by atoms with Gasteiger partial charge in [-0.1, -0.05) is 30.3 Å². The number of para-hydroxylation sites is 1. The Hall–Kier alpha value is -3.28. The van der Waals surface area contributed by atoms with Crippen molar-refractivity contribution in [2.45, 2.75) is 0 Å². The van der Waals surface area contributed by atoms with Gasteiger partial charge in [0.15, 0.2) is 0 Å². The van der Waals surface area contributed by atoms with Crippen LogP contribution in [0.3, 0.4) is 0 Å². The van der Waals surface area contributed by atoms with E-state index in [0.29, 0.717) is 5.52 Å². The molecule has 108 valence electrons. The van der Waals surface area contributed by atoms with Gasteiger partial charge in [0.2, 0.25) is 0 Å². The first kappa shape index (κ1) is 13.7. The number of nitrogens with zero attached hydrogens (tertiary/aromatic N) is 2. The van der Waals surface area contributed by atoms with Crippen molar-refractivity contribution in [1.82, 2.24) is 20.8 Å². The molecule has 6 nitrogen and oxygen atoms in total. The van der Waals surface area contributed by atoms with Gasteiger partial charge in [-0.25, -0.2) is 4.98 Å². The standard InChI is InChI=1S/C16H12N4O2/c21-15(13-7-3-4-10-17-13)19-20-16(22)14-9-8-11-5-1-2-6-12(11)18-14/h1-10H,(H,19,21)(H,20,22). The summed E-state index contributed by atoms with van der Waals surface area (Å²) in [6.07, 6.45) is 1.50. The molecule has 0 radical (unpaired) electrons. The minimum Gasteiger partial charge on any atom is -0.266 e. The highest BCUT2D eigenvalue weighted by Gasteiger charge is 2.11. The summed E-state index contributed by atoms with van der Waals surface area (Å²) in [7, 11) is 0. The molecule has 0 aliphatic rings. The molecule has 6 heteroatoms. The lowest BCUT2D eigenvalue weighted by molar-refractivity contribution is 0.0841. The van der Waals surface area contributed by atoms with Crippen LogP contribution in [0.25, 0.3) is 10.9 Å². The number of carbonyl (C=O) groups is 2. The van der Waals surface area contributed by atoms with Crippen LogP contribution in [0.2, 0.25) is 0 Å². The lowest BCUT2D eigenvalue weighted by atomic mass is 10.2. The quantitative estimate of drug-likeness (QED) is 0.704. The maximum atomic E-state index is 12.0. The van der Waals surface area contributed by atoms with E-state index in [0.717, 1.165) is 5.39 Å². The van der Waals surface area contributed by atoms with Crippen molar-refractivity contribution in [2.75, 3.05) is 0 Å². The fourth-order valence-electron chi connectivity index (χ4n) is 1.93. The first-order valence-corrected chi connectivity index (χ1v) is 6.61. The summed E-state index contributed by atoms with van der Waals surface area (Å²) in [6, 6.07) is 15.8. The van der Waals surface area contributed by atoms with Gasteiger partial charge in [-0.05, 0) is 24.3 Å². The molecule has 3 rings (SSSR count). The third-order valence-corrected chi connectivity index (χ3v) is 3.02. The second-order valence-electron chi connectivity index (χ2n) is 4.51. The Labute approximate surface area is 126 Å². The van der Waals surface area contributed by atoms with Crippen LogP contribution < -0.4 is 10.9 Å². The number of aromatic nitrogens is 2. The molecular formula is C16H12N4O2. The van der Waals surface area contributed by atoms with E-state index in [4.69, 9.17) is 0 Å². The van der Waals surface area contributed by atoms with Crippen molar-refractivity contribution < 1.29 is 9.59 Å². The minimum absolute atomic E-state index is 0.217. The van der Waals surface area contributed by atoms with Crippen molar-refractivity contribution in [3.63, 3.8) is 0 Å². The molecule has 0 unspecified atom stereocenters. The average Bonchev–Trinajstić information content (AvgIpc) is 2.59. The molecule has 0 bridgehead atoms. The highest BCUT2D eigenvalue weighted by Crippen LogP contribution is 2.11. The van der Waals surface area contributed by atoms with Crippen LogP contribution in [0.4, 0.5) is 0 Å². The minimum atomic E-state index is -0.491. The number of nitrogens with one attached hydrogen (secondary N) is 2. The van der Waals surface area contributed by atoms with Crippen molar-refractivity contribution in [1.29, 1.82) is 0 Å². The third kappa shape index (κ3) is 2.90. The van der Waals surface area contributed by atoms with Crippen LogP contribution in [0.5, 0.6) is 0 Å². The molecule has 0 fully saturated rings. The number of hydrogen-bond acceptors (Lipinski definition) is 4. The Morgan fingerprint density at radius 2 is 1.50 bits per heavy atom. The zero-order valence-corrected chi connectivity index (χ0v) is 11.5. The number of amides is 2. The zero-order valence-electron chi connectivity index (χ0n) is 11.5. The summed E-state index contributed by atoms with van der Waals surface area (Å²) in [4.78, 5) is 31.9. The summed E-state index contributed by atoms with van der Waals surface area (Å²) in [5.74, 6) is -0.982. The van der Waals surface area contributed by atoms with Gasteiger partial charge in [0.25, 0.3) is 11.8 Å². The molecule has 3 aromatic rings. The molecule has 0 saturated heterocycles. The fourth-order valence-corrected chi connectivity index (χ4v) is 1.93. The smallest absolute Gasteiger partial charge is 0.266 e. The van der Waals surface area contributed by atoms with E-state index in [9.17, 15) is 9.59 Å². The summed E-state index contributed by atoms with van der Waals surface area (Å²) in [5.41, 5.74) is 5.78. The zero-order chi connectivity index (χ0) is 15.4. The van der Waals surface area contributed by atoms with Crippen molar-refractivity contribution in [3.8, 4) is 0 Å². The molecule has 2 amide bonds. The van der Waals surface area contributed by atoms with Gasteiger partial charge in [0, 0.05) is 11.6 Å². The average molecular weight is 292 g/mol. The molecular weight excluding hydrogens is 280 g/mol. The first-order chi connectivity index (χ1) is 10.7. The Kier molecular flexibility index (Phi) is 3.74. The van der Waals surface area contributed by atoms with Gasteiger partial charge in [0.05, 0.1) is 5.52 Å². The highest BCUT2D eigenvalue weighted by molar-refractivity contribution is 5.98. The van der Waals surface area contributed by atoms with Crippen molar-refractivity contribution in [3.05, 3.63) is 72.2 Å². The van der Waals surface area contributed by atoms with E-state index in [1.807, 2.05) is 24.3 Å². The number of pyridine rings is 2. The number of fused-ring (bicyclic) bond motifs is 1. The number of hydrazine groups is 1. The van der Waals surface area contributed by atoms with Gasteiger partial charge in [-0.3, -0.25) is 25.4 Å². The van der Waals surface area contributed by atoms with Gasteiger partial charge in [-0.15, -0.1) is 0 Å². The van der Waals surface area contributed by atoms with E-state index < -0.39 is 11.8 Å². The maximum absolute atomic E-state index is 12.0. The lowest BCUT2D eigenvalue weighted by Crippen LogP contribution is -2.42. The molecule has 0 spiro atoms. The number of hydrogen-bond donors (Lipinski definition) is 2. The van der Waals surface area contributed by atoms with Crippen molar-refractivity contribution in [2.24, 2.45) is 0 Å². The van der Waals surface area contributed by atoms with E-state index in [2.05, 4.69) is 20.8 Å². The molecule has 1 aromatic carbocycles. The van der Waals surface area contributed by atoms with Crippen LogP contribution in [0.15, 0.2) is 60.8 Å². The molecule has 0 atom stereocenters. The summed E-state index contributed by atoms with van der Waals surface area (Å²) >= 11 is 0. The van der Waals surface area contributed by atoms with Crippen LogP contribution in [-0.2, 0) is 0 Å². The molecule has 2 heterocycles. The number of rotatable bonds is 2. The van der Waals surface area contributed by atoms with Crippen LogP contribution in [0.1, 0.15) is 21.0 Å². The topological polar surface area (TPSA) is 84.0 Å². The van der Waals surface area contributed by atoms with Gasteiger partial charge >= 0.3 is 0 Å². The molecule has 0 aliphatic carbocycles. The molecule has 2 aromatic heterocycles. The molecule has 22 heavy (non-hydrogen) atoms. The van der Waals surface area contributed by atoms with Crippen molar-refractivity contribution >= 4 is 22.7 Å². The number of carbonyl (C=O) groups excluding carboxylic acids is 2. The van der Waals surface area contributed by atoms with E-state index in [1.165, 1.54) is 6.20 Å². The molecule has 2 N–H and O–H groups in total. The van der Waals surface area contributed by atoms with E-state index in [-0.39, 0.29) is 11.4 Å². The monoisotopic (exact) mass is 292 g/mol. The predicted molar refractivity (Wildman–Crippen MR) is 80.9 cm³/mol. The van der Waals surface area contributed by atoms with Crippen LogP contribution >= 0.6 is 0 Å². The Bertz CT molecular complexity index is 834. The van der Waals surface area contributed by atoms with Crippen LogP contribution in [0, 0.1) is 0 Å². The fraction of sp³-hybridized carbons (Fsp3) is 0. The molecule has 0 aliphatic heterocycles. The third-order valence-electron chi connectivity index (χ3n) is 3.02. The first-order valence-electron chi connectivity index (χ1n) is 6.61. The number of benzene rings is 1. The maximum Gasteiger partial charge on any atom is 0.288 e. The summed E-state index contributed by atoms with van der Waals surface area (Å²) in [5, 5.41) is 0.941. The predicted octanol–water partition coefficient (Wildman–Crippen LogP) is 1.70. The second-order valence-corrected chi connectivity index (χ2v) is 4.51. The Balaban J connectivity index is 1.69. The SMILES string of the molecule is O=C(NNC(=O)c1ccc2ccccc2n1)c1ccccn1. The summed E-state index contributed by atoms with van der Waals surface area (Å²) in [6.45, 7) is 0. The normalized spacial score (nSPS) is 10.2. The van der Waals surface area contributed by atoms with Gasteiger partial charge < -0.3 is 0 Å². The largest absolute Gasteiger partial charge is 0.288 e. The highest BCUT2D eigenvalue weighted by atomic mass is 16.2. The van der Waals surface area contributed by atoms with Crippen LogP contribution in [-0.4, -0.2) is 21.8 Å². The molecule has 0 saturated carbocycles. The van der Waals surface area contributed by atoms with Gasteiger partial charge in [-0.2, -0.15) is 0 Å². The van der Waals surface area contributed by atoms with Gasteiger partial charge in [0.1, 0.15) is 11.4 Å². The van der Waals surface area contributed by atoms with E-state index >= 15 is 0 Å². The Morgan fingerprint density at radius 1 is 0.773 bits per heavy atom. The summed E-state index contributed by atoms with van der Waals surface area (Å²) < 4.78 is 0. The Morgan fingerprint density at radius 3 is 2.27 bits per heavy atom. The van der Waals surface area contributed by atoms with E-state index in [1.54, 1.807) is 30.3 Å². The second kappa shape index (κ2) is 6.01.